The topological polar surface area (TPSA) is 38.9 Å². The van der Waals surface area contributed by atoms with Crippen molar-refractivity contribution in [2.24, 2.45) is 0 Å². The minimum Gasteiger partial charge on any atom is -0.383 e. The maximum Gasteiger partial charge on any atom is 0.141 e. The average Bonchev–Trinajstić information content (AvgIpc) is 2.80. The van der Waals surface area contributed by atoms with Gasteiger partial charge in [-0.25, -0.2) is 0 Å². The summed E-state index contributed by atoms with van der Waals surface area (Å²) in [6.07, 6.45) is 2.61. The molecule has 1 aliphatic rings. The fourth-order valence-corrected chi connectivity index (χ4v) is 3.29. The van der Waals surface area contributed by atoms with Crippen molar-refractivity contribution in [2.75, 3.05) is 11.5 Å². The van der Waals surface area contributed by atoms with Crippen LogP contribution in [0, 0.1) is 0 Å². The van der Waals surface area contributed by atoms with Crippen molar-refractivity contribution in [1.29, 1.82) is 0 Å². The molecule has 0 atom stereocenters. The molecule has 0 radical (unpaired) electrons. The lowest BCUT2D eigenvalue weighted by Crippen LogP contribution is -1.89. The average molecular weight is 200 g/mol. The van der Waals surface area contributed by atoms with E-state index in [4.69, 9.17) is 5.73 Å². The number of aromatic nitrogens is 1. The van der Waals surface area contributed by atoms with Crippen LogP contribution in [0.4, 0.5) is 5.82 Å². The molecule has 12 heavy (non-hydrogen) atoms. The highest BCUT2D eigenvalue weighted by Gasteiger charge is 2.30. The lowest BCUT2D eigenvalue weighted by Gasteiger charge is -1.98. The quantitative estimate of drug-likeness (QED) is 0.762. The van der Waals surface area contributed by atoms with E-state index >= 15 is 0 Å². The van der Waals surface area contributed by atoms with Crippen molar-refractivity contribution in [3.63, 3.8) is 0 Å². The van der Waals surface area contributed by atoms with Crippen LogP contribution in [0.5, 0.6) is 0 Å². The Bertz CT molecular complexity index is 279. The van der Waals surface area contributed by atoms with Crippen LogP contribution in [0.25, 0.3) is 0 Å². The van der Waals surface area contributed by atoms with Crippen molar-refractivity contribution in [2.45, 2.75) is 29.9 Å². The Morgan fingerprint density at radius 3 is 3.00 bits per heavy atom. The van der Waals surface area contributed by atoms with Gasteiger partial charge in [0.2, 0.25) is 0 Å². The van der Waals surface area contributed by atoms with Crippen LogP contribution in [0.2, 0.25) is 0 Å². The van der Waals surface area contributed by atoms with Crippen LogP contribution < -0.4 is 5.73 Å². The molecule has 0 bridgehead atoms. The van der Waals surface area contributed by atoms with Crippen molar-refractivity contribution in [1.82, 2.24) is 4.37 Å². The Kier molecular flexibility index (Phi) is 2.28. The molecule has 0 unspecified atom stereocenters. The first kappa shape index (κ1) is 8.38. The molecule has 1 aliphatic carbocycles. The highest BCUT2D eigenvalue weighted by molar-refractivity contribution is 8.01. The predicted octanol–water partition coefficient (Wildman–Crippen LogP) is 2.71. The predicted molar refractivity (Wildman–Crippen MR) is 54.9 cm³/mol. The second-order valence-electron chi connectivity index (χ2n) is 2.98. The molecule has 0 spiro atoms. The molecule has 66 valence electrons. The summed E-state index contributed by atoms with van der Waals surface area (Å²) in [5.41, 5.74) is 7.14. The number of hydrogen-bond acceptors (Lipinski definition) is 4. The summed E-state index contributed by atoms with van der Waals surface area (Å²) in [5, 5.41) is 0. The van der Waals surface area contributed by atoms with Gasteiger partial charge in [0, 0.05) is 5.56 Å². The smallest absolute Gasteiger partial charge is 0.141 e. The molecule has 2 rings (SSSR count). The second-order valence-corrected chi connectivity index (χ2v) is 5.28. The molecule has 0 saturated heterocycles. The minimum absolute atomic E-state index is 0.734. The SMILES string of the molecule is CCSc1snc(N)c1C1CC1. The summed E-state index contributed by atoms with van der Waals surface area (Å²) in [7, 11) is 0. The first-order chi connectivity index (χ1) is 5.83. The molecule has 4 heteroatoms. The first-order valence-electron chi connectivity index (χ1n) is 4.20. The standard InChI is InChI=1S/C8H12N2S2/c1-2-11-8-6(5-3-4-5)7(9)10-12-8/h5H,2-4H2,1H3,(H2,9,10). The molecule has 0 amide bonds. The zero-order valence-electron chi connectivity index (χ0n) is 7.04. The van der Waals surface area contributed by atoms with Crippen molar-refractivity contribution in [3.8, 4) is 0 Å². The lowest BCUT2D eigenvalue weighted by molar-refractivity contribution is 1.10. The van der Waals surface area contributed by atoms with Gasteiger partial charge in [-0.2, -0.15) is 4.37 Å². The summed E-state index contributed by atoms with van der Waals surface area (Å²) in [4.78, 5) is 0. The Morgan fingerprint density at radius 2 is 2.42 bits per heavy atom. The first-order valence-corrected chi connectivity index (χ1v) is 5.96. The van der Waals surface area contributed by atoms with Crippen molar-refractivity contribution in [3.05, 3.63) is 5.56 Å². The molecular formula is C8H12N2S2. The molecule has 2 nitrogen and oxygen atoms in total. The van der Waals surface area contributed by atoms with Crippen molar-refractivity contribution >= 4 is 29.1 Å². The number of nitrogens with zero attached hydrogens (tertiary/aromatic N) is 1. The van der Waals surface area contributed by atoms with Gasteiger partial charge in [0.05, 0.1) is 4.21 Å². The van der Waals surface area contributed by atoms with E-state index in [2.05, 4.69) is 11.3 Å². The van der Waals surface area contributed by atoms with Gasteiger partial charge in [-0.3, -0.25) is 0 Å². The number of anilines is 1. The normalized spacial score (nSPS) is 16.8. The summed E-state index contributed by atoms with van der Waals surface area (Å²) in [5.74, 6) is 2.62. The fourth-order valence-electron chi connectivity index (χ4n) is 1.28. The molecule has 1 aromatic heterocycles. The van der Waals surface area contributed by atoms with Gasteiger partial charge < -0.3 is 5.73 Å². The lowest BCUT2D eigenvalue weighted by atomic mass is 10.2. The van der Waals surface area contributed by atoms with E-state index in [-0.39, 0.29) is 0 Å². The maximum absolute atomic E-state index is 5.80. The summed E-state index contributed by atoms with van der Waals surface area (Å²) >= 11 is 3.42. The zero-order valence-corrected chi connectivity index (χ0v) is 8.67. The maximum atomic E-state index is 5.80. The van der Waals surface area contributed by atoms with Gasteiger partial charge in [-0.1, -0.05) is 6.92 Å². The number of thioether (sulfide) groups is 1. The number of hydrogen-bond donors (Lipinski definition) is 1. The van der Waals surface area contributed by atoms with Gasteiger partial charge in [-0.05, 0) is 36.0 Å². The van der Waals surface area contributed by atoms with Gasteiger partial charge >= 0.3 is 0 Å². The second kappa shape index (κ2) is 3.26. The van der Waals surface area contributed by atoms with E-state index in [1.807, 2.05) is 11.8 Å². The number of rotatable bonds is 3. The van der Waals surface area contributed by atoms with Crippen LogP contribution in [0.1, 0.15) is 31.2 Å². The molecule has 0 aromatic carbocycles. The van der Waals surface area contributed by atoms with Gasteiger partial charge in [0.25, 0.3) is 0 Å². The van der Waals surface area contributed by atoms with Gasteiger partial charge in [0.1, 0.15) is 5.82 Å². The van der Waals surface area contributed by atoms with E-state index in [0.717, 1.165) is 17.5 Å². The number of nitrogen functional groups attached to an aromatic ring is 1. The third-order valence-electron chi connectivity index (χ3n) is 1.98. The van der Waals surface area contributed by atoms with E-state index in [1.165, 1.54) is 22.6 Å². The van der Waals surface area contributed by atoms with Crippen LogP contribution >= 0.6 is 23.3 Å². The summed E-state index contributed by atoms with van der Waals surface area (Å²) in [6.45, 7) is 2.16. The third kappa shape index (κ3) is 1.45. The Hall–Kier alpha value is -0.220. The molecule has 1 aromatic rings. The Morgan fingerprint density at radius 1 is 1.67 bits per heavy atom. The fraction of sp³-hybridized carbons (Fsp3) is 0.625. The molecule has 0 aliphatic heterocycles. The largest absolute Gasteiger partial charge is 0.383 e. The van der Waals surface area contributed by atoms with Crippen molar-refractivity contribution < 1.29 is 0 Å². The highest BCUT2D eigenvalue weighted by Crippen LogP contribution is 2.48. The summed E-state index contributed by atoms with van der Waals surface area (Å²) < 4.78 is 5.54. The summed E-state index contributed by atoms with van der Waals surface area (Å²) in [6, 6.07) is 0. The van der Waals surface area contributed by atoms with Crippen LogP contribution in [-0.2, 0) is 0 Å². The van der Waals surface area contributed by atoms with Crippen LogP contribution in [-0.4, -0.2) is 10.1 Å². The number of nitrogens with two attached hydrogens (primary N) is 1. The minimum atomic E-state index is 0.734. The third-order valence-corrected chi connectivity index (χ3v) is 4.01. The zero-order chi connectivity index (χ0) is 8.55. The van der Waals surface area contributed by atoms with E-state index in [0.29, 0.717) is 0 Å². The molecule has 1 fully saturated rings. The van der Waals surface area contributed by atoms with Crippen LogP contribution in [0.3, 0.4) is 0 Å². The molecule has 2 N–H and O–H groups in total. The van der Waals surface area contributed by atoms with Crippen LogP contribution in [0.15, 0.2) is 4.21 Å². The van der Waals surface area contributed by atoms with Gasteiger partial charge in [0.15, 0.2) is 0 Å². The van der Waals surface area contributed by atoms with E-state index < -0.39 is 0 Å². The Labute approximate surface area is 80.7 Å². The molecule has 1 saturated carbocycles. The highest BCUT2D eigenvalue weighted by atomic mass is 32.2. The molecular weight excluding hydrogens is 188 g/mol. The van der Waals surface area contributed by atoms with Gasteiger partial charge in [-0.15, -0.1) is 11.8 Å². The Balaban J connectivity index is 2.27. The van der Waals surface area contributed by atoms with E-state index in [1.54, 1.807) is 11.5 Å². The molecule has 1 heterocycles. The monoisotopic (exact) mass is 200 g/mol. The van der Waals surface area contributed by atoms with E-state index in [9.17, 15) is 0 Å².